The molecular formula is C22H38IN5O2S. The van der Waals surface area contributed by atoms with E-state index in [4.69, 9.17) is 0 Å². The van der Waals surface area contributed by atoms with E-state index in [1.165, 1.54) is 19.4 Å². The lowest BCUT2D eigenvalue weighted by molar-refractivity contribution is 0.267. The fraction of sp³-hybridized carbons (Fsp3) is 0.682. The largest absolute Gasteiger partial charge is 0.355 e. The van der Waals surface area contributed by atoms with Gasteiger partial charge in [0.25, 0.3) is 0 Å². The van der Waals surface area contributed by atoms with Crippen molar-refractivity contribution in [3.05, 3.63) is 29.8 Å². The van der Waals surface area contributed by atoms with Gasteiger partial charge in [0.15, 0.2) is 5.96 Å². The molecule has 9 heteroatoms. The molecule has 7 nitrogen and oxygen atoms in total. The number of benzene rings is 1. The zero-order valence-corrected chi connectivity index (χ0v) is 22.2. The lowest BCUT2D eigenvalue weighted by atomic mass is 10.0. The van der Waals surface area contributed by atoms with E-state index in [9.17, 15) is 8.42 Å². The van der Waals surface area contributed by atoms with Crippen molar-refractivity contribution in [2.45, 2.75) is 57.0 Å². The average Bonchev–Trinajstić information content (AvgIpc) is 3.22. The number of likely N-dealkylation sites (N-methyl/N-ethyl adjacent to an activating group) is 1. The molecule has 2 atom stereocenters. The highest BCUT2D eigenvalue weighted by atomic mass is 127. The second-order valence-electron chi connectivity index (χ2n) is 8.49. The molecule has 1 aromatic carbocycles. The van der Waals surface area contributed by atoms with Crippen molar-refractivity contribution in [1.29, 1.82) is 0 Å². The molecule has 2 aliphatic rings. The van der Waals surface area contributed by atoms with Crippen LogP contribution in [-0.2, 0) is 16.6 Å². The van der Waals surface area contributed by atoms with E-state index in [-0.39, 0.29) is 24.0 Å². The Bertz CT molecular complexity index is 816. The van der Waals surface area contributed by atoms with Gasteiger partial charge in [0.05, 0.1) is 4.90 Å². The zero-order chi connectivity index (χ0) is 21.6. The van der Waals surface area contributed by atoms with Crippen LogP contribution in [0.25, 0.3) is 0 Å². The first-order valence-electron chi connectivity index (χ1n) is 11.2. The van der Waals surface area contributed by atoms with Gasteiger partial charge < -0.3 is 10.6 Å². The summed E-state index contributed by atoms with van der Waals surface area (Å²) < 4.78 is 27.4. The number of hydrogen-bond acceptors (Lipinski definition) is 4. The fourth-order valence-electron chi connectivity index (χ4n) is 4.46. The van der Waals surface area contributed by atoms with Crippen LogP contribution in [0.2, 0.25) is 0 Å². The Hall–Kier alpha value is -0.910. The van der Waals surface area contributed by atoms with Gasteiger partial charge in [-0.05, 0) is 62.4 Å². The van der Waals surface area contributed by atoms with E-state index in [2.05, 4.69) is 34.4 Å². The van der Waals surface area contributed by atoms with Gasteiger partial charge in [-0.15, -0.1) is 24.0 Å². The van der Waals surface area contributed by atoms with Gasteiger partial charge in [-0.3, -0.25) is 9.89 Å². The van der Waals surface area contributed by atoms with E-state index in [1.54, 1.807) is 23.5 Å². The predicted molar refractivity (Wildman–Crippen MR) is 137 cm³/mol. The zero-order valence-electron chi connectivity index (χ0n) is 19.0. The van der Waals surface area contributed by atoms with E-state index in [1.807, 2.05) is 12.1 Å². The fourth-order valence-corrected chi connectivity index (χ4v) is 6.05. The van der Waals surface area contributed by atoms with Crippen LogP contribution >= 0.6 is 24.0 Å². The highest BCUT2D eigenvalue weighted by Crippen LogP contribution is 2.23. The van der Waals surface area contributed by atoms with Gasteiger partial charge >= 0.3 is 0 Å². The summed E-state index contributed by atoms with van der Waals surface area (Å²) in [5.41, 5.74) is 1.03. The minimum absolute atomic E-state index is 0. The van der Waals surface area contributed by atoms with Crippen molar-refractivity contribution < 1.29 is 8.42 Å². The topological polar surface area (TPSA) is 77.0 Å². The lowest BCUT2D eigenvalue weighted by Gasteiger charge is -2.30. The maximum Gasteiger partial charge on any atom is 0.243 e. The summed E-state index contributed by atoms with van der Waals surface area (Å²) in [6, 6.07) is 7.78. The van der Waals surface area contributed by atoms with E-state index in [0.29, 0.717) is 36.5 Å². The molecule has 3 rings (SSSR count). The second-order valence-corrected chi connectivity index (χ2v) is 10.4. The van der Waals surface area contributed by atoms with E-state index >= 15 is 0 Å². The summed E-state index contributed by atoms with van der Waals surface area (Å²) in [4.78, 5) is 7.19. The summed E-state index contributed by atoms with van der Waals surface area (Å²) >= 11 is 0. The Morgan fingerprint density at radius 1 is 1.13 bits per heavy atom. The van der Waals surface area contributed by atoms with Crippen molar-refractivity contribution >= 4 is 40.0 Å². The van der Waals surface area contributed by atoms with Gasteiger partial charge in [-0.25, -0.2) is 8.42 Å². The Labute approximate surface area is 205 Å². The second kappa shape index (κ2) is 12.4. The van der Waals surface area contributed by atoms with Crippen LogP contribution in [0, 0.1) is 5.92 Å². The Balaban J connectivity index is 0.00000341. The maximum atomic E-state index is 12.9. The number of aliphatic imine (C=N–C) groups is 1. The molecule has 0 aliphatic carbocycles. The summed E-state index contributed by atoms with van der Waals surface area (Å²) in [6.07, 6.45) is 4.52. The number of rotatable bonds is 7. The Morgan fingerprint density at radius 2 is 1.84 bits per heavy atom. The number of halogens is 1. The van der Waals surface area contributed by atoms with Crippen molar-refractivity contribution in [3.8, 4) is 0 Å². The third-order valence-corrected chi connectivity index (χ3v) is 8.15. The summed E-state index contributed by atoms with van der Waals surface area (Å²) in [7, 11) is -1.63. The van der Waals surface area contributed by atoms with Crippen molar-refractivity contribution in [3.63, 3.8) is 0 Å². The third-order valence-electron chi connectivity index (χ3n) is 6.27. The van der Waals surface area contributed by atoms with Crippen molar-refractivity contribution in [2.75, 3.05) is 39.8 Å². The first-order valence-corrected chi connectivity index (χ1v) is 12.7. The minimum Gasteiger partial charge on any atom is -0.355 e. The number of hydrogen-bond donors (Lipinski definition) is 2. The van der Waals surface area contributed by atoms with Gasteiger partial charge in [-0.2, -0.15) is 4.31 Å². The number of piperidine rings is 1. The molecule has 0 radical (unpaired) electrons. The highest BCUT2D eigenvalue weighted by molar-refractivity contribution is 14.0. The molecule has 0 spiro atoms. The molecule has 2 heterocycles. The molecule has 31 heavy (non-hydrogen) atoms. The standard InChI is InChI=1S/C22H37N5O2S.HI/c1-4-26-13-6-8-20(26)16-25-22(23-3)24-15-19-9-11-21(12-10-19)30(28,29)27-14-5-7-18(2)17-27;/h9-12,18,20H,4-8,13-17H2,1-3H3,(H2,23,24,25);1H. The number of guanidine groups is 1. The molecule has 0 saturated carbocycles. The van der Waals surface area contributed by atoms with Gasteiger partial charge in [0.2, 0.25) is 10.0 Å². The Morgan fingerprint density at radius 3 is 2.48 bits per heavy atom. The summed E-state index contributed by atoms with van der Waals surface area (Å²) in [5, 5.41) is 6.75. The molecule has 0 aromatic heterocycles. The van der Waals surface area contributed by atoms with Crippen molar-refractivity contribution in [2.24, 2.45) is 10.9 Å². The van der Waals surface area contributed by atoms with Crippen LogP contribution in [0.4, 0.5) is 0 Å². The maximum absolute atomic E-state index is 12.9. The number of nitrogens with one attached hydrogen (secondary N) is 2. The van der Waals surface area contributed by atoms with Crippen LogP contribution in [0.3, 0.4) is 0 Å². The number of sulfonamides is 1. The molecule has 2 unspecified atom stereocenters. The predicted octanol–water partition coefficient (Wildman–Crippen LogP) is 2.87. The van der Waals surface area contributed by atoms with Crippen LogP contribution in [0.1, 0.15) is 45.1 Å². The van der Waals surface area contributed by atoms with Crippen LogP contribution in [0.15, 0.2) is 34.2 Å². The first-order chi connectivity index (χ1) is 14.4. The summed E-state index contributed by atoms with van der Waals surface area (Å²) in [5.74, 6) is 1.20. The van der Waals surface area contributed by atoms with Gasteiger partial charge in [0.1, 0.15) is 0 Å². The Kier molecular flexibility index (Phi) is 10.5. The van der Waals surface area contributed by atoms with E-state index < -0.39 is 10.0 Å². The van der Waals surface area contributed by atoms with Crippen molar-refractivity contribution in [1.82, 2.24) is 19.8 Å². The molecule has 0 amide bonds. The smallest absolute Gasteiger partial charge is 0.243 e. The number of nitrogens with zero attached hydrogens (tertiary/aromatic N) is 3. The van der Waals surface area contributed by atoms with E-state index in [0.717, 1.165) is 37.5 Å². The molecule has 2 aliphatic heterocycles. The molecular weight excluding hydrogens is 525 g/mol. The lowest BCUT2D eigenvalue weighted by Crippen LogP contribution is -2.44. The molecule has 0 bridgehead atoms. The van der Waals surface area contributed by atoms with Gasteiger partial charge in [0, 0.05) is 39.3 Å². The normalized spacial score (nSPS) is 23.4. The minimum atomic E-state index is -3.40. The SMILES string of the molecule is CCN1CCCC1CNC(=NC)NCc1ccc(S(=O)(=O)N2CCCC(C)C2)cc1.I. The summed E-state index contributed by atoms with van der Waals surface area (Å²) in [6.45, 7) is 9.32. The van der Waals surface area contributed by atoms with Crippen LogP contribution in [-0.4, -0.2) is 69.4 Å². The molecule has 2 fully saturated rings. The molecule has 176 valence electrons. The van der Waals surface area contributed by atoms with Gasteiger partial charge in [-0.1, -0.05) is 26.0 Å². The number of likely N-dealkylation sites (tertiary alicyclic amines) is 1. The molecule has 1 aromatic rings. The third kappa shape index (κ3) is 7.03. The average molecular weight is 564 g/mol. The molecule has 2 N–H and O–H groups in total. The quantitative estimate of drug-likeness (QED) is 0.303. The first kappa shape index (κ1) is 26.3. The van der Waals surface area contributed by atoms with Crippen LogP contribution in [0.5, 0.6) is 0 Å². The monoisotopic (exact) mass is 563 g/mol. The molecule has 2 saturated heterocycles. The highest BCUT2D eigenvalue weighted by Gasteiger charge is 2.28. The van der Waals surface area contributed by atoms with Crippen LogP contribution < -0.4 is 10.6 Å².